The van der Waals surface area contributed by atoms with E-state index >= 15 is 0 Å². The van der Waals surface area contributed by atoms with Crippen LogP contribution in [0.4, 0.5) is 0 Å². The van der Waals surface area contributed by atoms with Gasteiger partial charge in [-0.15, -0.1) is 0 Å². The third-order valence-corrected chi connectivity index (χ3v) is 8.53. The monoisotopic (exact) mass is 286 g/mol. The lowest BCUT2D eigenvalue weighted by Gasteiger charge is -2.43. The SMILES string of the molecule is CCS(CC(C)S)(CC(C)S)CC(C)S. The lowest BCUT2D eigenvalue weighted by molar-refractivity contribution is 1.04. The van der Waals surface area contributed by atoms with Crippen molar-refractivity contribution in [2.45, 2.75) is 43.4 Å². The van der Waals surface area contributed by atoms with Crippen molar-refractivity contribution in [3.05, 3.63) is 0 Å². The molecule has 0 rings (SSSR count). The zero-order chi connectivity index (χ0) is 12.1. The van der Waals surface area contributed by atoms with Crippen LogP contribution in [0.1, 0.15) is 27.7 Å². The fourth-order valence-electron chi connectivity index (χ4n) is 2.09. The number of rotatable bonds is 7. The van der Waals surface area contributed by atoms with Crippen molar-refractivity contribution in [3.8, 4) is 0 Å². The number of hydrogen-bond donors (Lipinski definition) is 3. The van der Waals surface area contributed by atoms with Gasteiger partial charge in [-0.05, 0) is 23.0 Å². The van der Waals surface area contributed by atoms with Crippen molar-refractivity contribution in [2.24, 2.45) is 0 Å². The Bertz CT molecular complexity index is 139. The van der Waals surface area contributed by atoms with E-state index in [9.17, 15) is 0 Å². The highest BCUT2D eigenvalue weighted by Gasteiger charge is 2.26. The molecule has 0 nitrogen and oxygen atoms in total. The first-order valence-corrected chi connectivity index (χ1v) is 9.45. The highest BCUT2D eigenvalue weighted by Crippen LogP contribution is 2.50. The van der Waals surface area contributed by atoms with Gasteiger partial charge in [0, 0.05) is 15.7 Å². The van der Waals surface area contributed by atoms with Gasteiger partial charge in [0.15, 0.2) is 0 Å². The third kappa shape index (κ3) is 7.35. The van der Waals surface area contributed by atoms with Gasteiger partial charge in [0.05, 0.1) is 0 Å². The topological polar surface area (TPSA) is 0 Å². The van der Waals surface area contributed by atoms with E-state index in [1.807, 2.05) is 0 Å². The molecule has 0 saturated heterocycles. The second kappa shape index (κ2) is 7.67. The van der Waals surface area contributed by atoms with Crippen molar-refractivity contribution in [2.75, 3.05) is 23.0 Å². The van der Waals surface area contributed by atoms with Crippen molar-refractivity contribution in [1.82, 2.24) is 0 Å². The van der Waals surface area contributed by atoms with Gasteiger partial charge in [0.2, 0.25) is 0 Å². The van der Waals surface area contributed by atoms with Gasteiger partial charge in [-0.3, -0.25) is 0 Å². The molecule has 0 aromatic heterocycles. The largest absolute Gasteiger partial charge is 0.238 e. The van der Waals surface area contributed by atoms with E-state index in [2.05, 4.69) is 65.6 Å². The molecule has 0 radical (unpaired) electrons. The van der Waals surface area contributed by atoms with E-state index in [-0.39, 0.29) is 0 Å². The molecule has 3 atom stereocenters. The molecule has 0 aliphatic heterocycles. The van der Waals surface area contributed by atoms with Crippen molar-refractivity contribution in [3.63, 3.8) is 0 Å². The maximum Gasteiger partial charge on any atom is 0.00646 e. The summed E-state index contributed by atoms with van der Waals surface area (Å²) in [4.78, 5) is 0. The maximum atomic E-state index is 4.56. The van der Waals surface area contributed by atoms with Gasteiger partial charge >= 0.3 is 0 Å². The van der Waals surface area contributed by atoms with Gasteiger partial charge in [-0.2, -0.15) is 37.9 Å². The summed E-state index contributed by atoms with van der Waals surface area (Å²) in [5.74, 6) is 5.04. The molecule has 15 heavy (non-hydrogen) atoms. The van der Waals surface area contributed by atoms with Crippen LogP contribution < -0.4 is 0 Å². The molecule has 0 saturated carbocycles. The van der Waals surface area contributed by atoms with Crippen LogP contribution in [0.15, 0.2) is 0 Å². The van der Waals surface area contributed by atoms with E-state index in [1.54, 1.807) is 0 Å². The summed E-state index contributed by atoms with van der Waals surface area (Å²) in [6.45, 7) is 8.92. The molecule has 0 aromatic carbocycles. The number of hydrogen-bond acceptors (Lipinski definition) is 3. The molecule has 0 fully saturated rings. The first kappa shape index (κ1) is 16.4. The van der Waals surface area contributed by atoms with Crippen LogP contribution in [-0.4, -0.2) is 38.8 Å². The van der Waals surface area contributed by atoms with Crippen molar-refractivity contribution < 1.29 is 0 Å². The highest BCUT2D eigenvalue weighted by atomic mass is 32.3. The predicted molar refractivity (Wildman–Crippen MR) is 88.1 cm³/mol. The van der Waals surface area contributed by atoms with Gasteiger partial charge in [-0.25, -0.2) is 10.0 Å². The molecule has 4 heteroatoms. The van der Waals surface area contributed by atoms with Crippen LogP contribution in [0.25, 0.3) is 0 Å². The molecule has 0 N–H and O–H groups in total. The van der Waals surface area contributed by atoms with Crippen LogP contribution >= 0.6 is 47.9 Å². The summed E-state index contributed by atoms with van der Waals surface area (Å²) in [7, 11) is -0.561. The van der Waals surface area contributed by atoms with Crippen LogP contribution in [0.2, 0.25) is 0 Å². The summed E-state index contributed by atoms with van der Waals surface area (Å²) < 4.78 is 0. The Morgan fingerprint density at radius 2 is 1.07 bits per heavy atom. The molecule has 0 bridgehead atoms. The minimum atomic E-state index is -0.561. The molecule has 0 heterocycles. The Labute approximate surface area is 114 Å². The van der Waals surface area contributed by atoms with Crippen LogP contribution in [0, 0.1) is 0 Å². The maximum absolute atomic E-state index is 4.56. The lowest BCUT2D eigenvalue weighted by atomic mass is 10.5. The zero-order valence-electron chi connectivity index (χ0n) is 10.3. The zero-order valence-corrected chi connectivity index (χ0v) is 13.8. The fourth-order valence-corrected chi connectivity index (χ4v) is 9.12. The van der Waals surface area contributed by atoms with Crippen LogP contribution in [0.5, 0.6) is 0 Å². The number of thiol groups is 3. The Kier molecular flexibility index (Phi) is 8.39. The van der Waals surface area contributed by atoms with Crippen LogP contribution in [0.3, 0.4) is 0 Å². The lowest BCUT2D eigenvalue weighted by Crippen LogP contribution is -2.27. The average Bonchev–Trinajstić information content (AvgIpc) is 1.99. The van der Waals surface area contributed by atoms with Gasteiger partial charge in [0.25, 0.3) is 0 Å². The van der Waals surface area contributed by atoms with E-state index in [4.69, 9.17) is 0 Å². The van der Waals surface area contributed by atoms with E-state index in [0.29, 0.717) is 15.7 Å². The van der Waals surface area contributed by atoms with Crippen molar-refractivity contribution >= 4 is 47.9 Å². The van der Waals surface area contributed by atoms with Gasteiger partial charge < -0.3 is 0 Å². The minimum Gasteiger partial charge on any atom is -0.238 e. The normalized spacial score (nSPS) is 23.9. The van der Waals surface area contributed by atoms with E-state index in [0.717, 1.165) is 0 Å². The Balaban J connectivity index is 4.59. The molecule has 0 spiro atoms. The van der Waals surface area contributed by atoms with E-state index < -0.39 is 10.0 Å². The third-order valence-electron chi connectivity index (χ3n) is 2.40. The second-order valence-electron chi connectivity index (χ2n) is 4.56. The standard InChI is InChI=1S/C11H26S4/c1-5-15(6-9(2)12,7-10(3)13)8-11(4)14/h9-14H,5-8H2,1-4H3. The summed E-state index contributed by atoms with van der Waals surface area (Å²) >= 11 is 13.7. The molecule has 0 amide bonds. The summed E-state index contributed by atoms with van der Waals surface area (Å²) in [5.41, 5.74) is 0. The van der Waals surface area contributed by atoms with E-state index in [1.165, 1.54) is 23.0 Å². The smallest absolute Gasteiger partial charge is 0.00646 e. The second-order valence-corrected chi connectivity index (χ2v) is 11.2. The van der Waals surface area contributed by atoms with Gasteiger partial charge in [-0.1, -0.05) is 27.7 Å². The molecule has 0 aliphatic carbocycles. The fraction of sp³-hybridized carbons (Fsp3) is 1.00. The predicted octanol–water partition coefficient (Wildman–Crippen LogP) is 3.77. The molecular formula is C11H26S4. The van der Waals surface area contributed by atoms with Crippen LogP contribution in [-0.2, 0) is 0 Å². The van der Waals surface area contributed by atoms with Crippen molar-refractivity contribution in [1.29, 1.82) is 0 Å². The molecule has 0 aliphatic rings. The quantitative estimate of drug-likeness (QED) is 0.583. The molecule has 94 valence electrons. The highest BCUT2D eigenvalue weighted by molar-refractivity contribution is 8.34. The Hall–Kier alpha value is 1.40. The average molecular weight is 287 g/mol. The first-order chi connectivity index (χ1) is 6.81. The molecule has 0 aromatic rings. The summed E-state index contributed by atoms with van der Waals surface area (Å²) in [6.07, 6.45) is 0. The molecule has 3 unspecified atom stereocenters. The Morgan fingerprint density at radius 1 is 0.800 bits per heavy atom. The van der Waals surface area contributed by atoms with Gasteiger partial charge in [0.1, 0.15) is 0 Å². The Morgan fingerprint density at radius 3 is 1.20 bits per heavy atom. The summed E-state index contributed by atoms with van der Waals surface area (Å²) in [5, 5.41) is 1.50. The first-order valence-electron chi connectivity index (χ1n) is 5.59. The molecular weight excluding hydrogens is 260 g/mol. The minimum absolute atomic E-state index is 0.499. The summed E-state index contributed by atoms with van der Waals surface area (Å²) in [6, 6.07) is 0.